The Morgan fingerprint density at radius 2 is 2.36 bits per heavy atom. The maximum atomic E-state index is 5.82. The maximum absolute atomic E-state index is 5.82. The molecule has 118 valence electrons. The number of thioether (sulfide) groups is 1. The number of pyridine rings is 1. The number of nitrogens with one attached hydrogen (secondary N) is 2. The lowest BCUT2D eigenvalue weighted by molar-refractivity contribution is 0.806. The minimum absolute atomic E-state index is 0.493. The van der Waals surface area contributed by atoms with Crippen LogP contribution in [-0.2, 0) is 6.42 Å². The summed E-state index contributed by atoms with van der Waals surface area (Å²) in [5, 5.41) is 4.10. The number of hydrogen-bond donors (Lipinski definition) is 3. The molecule has 4 N–H and O–H groups in total. The van der Waals surface area contributed by atoms with E-state index < -0.39 is 0 Å². The molecular formula is C14H19BrN6S. The zero-order valence-electron chi connectivity index (χ0n) is 12.1. The molecule has 2 aromatic heterocycles. The number of guanidine groups is 1. The molecule has 2 rings (SSSR count). The molecule has 0 spiro atoms. The van der Waals surface area contributed by atoms with Gasteiger partial charge in [0.05, 0.1) is 11.4 Å². The van der Waals surface area contributed by atoms with Gasteiger partial charge in [-0.1, -0.05) is 6.07 Å². The topological polar surface area (TPSA) is 92.0 Å². The average molecular weight is 383 g/mol. The number of nitrogens with zero attached hydrogens (tertiary/aromatic N) is 3. The summed E-state index contributed by atoms with van der Waals surface area (Å²) in [6.07, 6.45) is 5.40. The van der Waals surface area contributed by atoms with Crippen LogP contribution in [0, 0.1) is 0 Å². The first-order valence-electron chi connectivity index (χ1n) is 7.00. The molecule has 0 aliphatic rings. The Hall–Kier alpha value is -1.54. The van der Waals surface area contributed by atoms with Gasteiger partial charge in [0.15, 0.2) is 5.96 Å². The first kappa shape index (κ1) is 16.8. The minimum Gasteiger partial charge on any atom is -0.370 e. The third-order valence-corrected chi connectivity index (χ3v) is 4.16. The molecule has 0 amide bonds. The van der Waals surface area contributed by atoms with E-state index in [4.69, 9.17) is 5.73 Å². The van der Waals surface area contributed by atoms with E-state index >= 15 is 0 Å². The standard InChI is InChI=1S/C14H19BrN6S/c15-12-4-1-5-13(21-12)22-8-7-19-14(16)18-6-2-3-11-9-17-10-20-11/h1,4-5,9-10H,2-3,6-8H2,(H,17,20)(H3,16,18,19). The highest BCUT2D eigenvalue weighted by Crippen LogP contribution is 2.16. The summed E-state index contributed by atoms with van der Waals surface area (Å²) in [5.74, 6) is 1.38. The molecule has 0 fully saturated rings. The van der Waals surface area contributed by atoms with Crippen LogP contribution in [0.3, 0.4) is 0 Å². The number of rotatable bonds is 8. The smallest absolute Gasteiger partial charge is 0.188 e. The molecule has 2 aromatic rings. The van der Waals surface area contributed by atoms with E-state index in [-0.39, 0.29) is 0 Å². The fourth-order valence-electron chi connectivity index (χ4n) is 1.75. The number of aromatic amines is 1. The molecule has 0 radical (unpaired) electrons. The van der Waals surface area contributed by atoms with Crippen molar-refractivity contribution in [2.45, 2.75) is 17.9 Å². The second-order valence-corrected chi connectivity index (χ2v) is 6.45. The van der Waals surface area contributed by atoms with Crippen LogP contribution in [-0.4, -0.2) is 39.8 Å². The van der Waals surface area contributed by atoms with Crippen LogP contribution in [0.2, 0.25) is 0 Å². The van der Waals surface area contributed by atoms with E-state index in [1.807, 2.05) is 24.4 Å². The Morgan fingerprint density at radius 1 is 1.45 bits per heavy atom. The van der Waals surface area contributed by atoms with Gasteiger partial charge in [-0.3, -0.25) is 4.99 Å². The predicted molar refractivity (Wildman–Crippen MR) is 94.1 cm³/mol. The molecule has 6 nitrogen and oxygen atoms in total. The summed E-state index contributed by atoms with van der Waals surface area (Å²) in [6, 6.07) is 5.88. The van der Waals surface area contributed by atoms with Crippen molar-refractivity contribution in [3.63, 3.8) is 0 Å². The molecule has 0 saturated carbocycles. The number of aromatic nitrogens is 3. The van der Waals surface area contributed by atoms with Gasteiger partial charge < -0.3 is 16.0 Å². The van der Waals surface area contributed by atoms with Gasteiger partial charge >= 0.3 is 0 Å². The first-order chi connectivity index (χ1) is 10.7. The van der Waals surface area contributed by atoms with Gasteiger partial charge in [0.2, 0.25) is 0 Å². The predicted octanol–water partition coefficient (Wildman–Crippen LogP) is 2.20. The number of aliphatic imine (C=N–C) groups is 1. The van der Waals surface area contributed by atoms with Gasteiger partial charge in [-0.2, -0.15) is 0 Å². The average Bonchev–Trinajstić information content (AvgIpc) is 3.02. The van der Waals surface area contributed by atoms with Gasteiger partial charge in [0.1, 0.15) is 4.60 Å². The number of imidazole rings is 1. The number of halogens is 1. The molecule has 0 aliphatic heterocycles. The Labute approximate surface area is 142 Å². The zero-order valence-corrected chi connectivity index (χ0v) is 14.5. The normalized spacial score (nSPS) is 11.6. The van der Waals surface area contributed by atoms with E-state index in [1.165, 1.54) is 0 Å². The number of H-pyrrole nitrogens is 1. The van der Waals surface area contributed by atoms with Crippen LogP contribution in [0.1, 0.15) is 12.1 Å². The highest BCUT2D eigenvalue weighted by atomic mass is 79.9. The molecule has 0 aliphatic carbocycles. The summed E-state index contributed by atoms with van der Waals surface area (Å²) in [7, 11) is 0. The fraction of sp³-hybridized carbons (Fsp3) is 0.357. The fourth-order valence-corrected chi connectivity index (χ4v) is 2.96. The van der Waals surface area contributed by atoms with E-state index in [9.17, 15) is 0 Å². The van der Waals surface area contributed by atoms with Crippen molar-refractivity contribution >= 4 is 33.7 Å². The number of hydrogen-bond acceptors (Lipinski definition) is 4. The van der Waals surface area contributed by atoms with Gasteiger partial charge in [0, 0.05) is 30.7 Å². The molecule has 22 heavy (non-hydrogen) atoms. The highest BCUT2D eigenvalue weighted by molar-refractivity contribution is 9.10. The van der Waals surface area contributed by atoms with Crippen molar-refractivity contribution in [3.8, 4) is 0 Å². The van der Waals surface area contributed by atoms with Gasteiger partial charge in [-0.15, -0.1) is 11.8 Å². The van der Waals surface area contributed by atoms with Crippen molar-refractivity contribution in [3.05, 3.63) is 41.0 Å². The molecule has 0 unspecified atom stereocenters. The van der Waals surface area contributed by atoms with Crippen molar-refractivity contribution in [1.29, 1.82) is 0 Å². The lowest BCUT2D eigenvalue weighted by Crippen LogP contribution is -2.33. The van der Waals surface area contributed by atoms with Crippen LogP contribution in [0.4, 0.5) is 0 Å². The molecule has 0 atom stereocenters. The lowest BCUT2D eigenvalue weighted by atomic mass is 10.2. The monoisotopic (exact) mass is 382 g/mol. The quantitative estimate of drug-likeness (QED) is 0.214. The molecule has 0 saturated heterocycles. The van der Waals surface area contributed by atoms with E-state index in [0.717, 1.165) is 40.5 Å². The second-order valence-electron chi connectivity index (χ2n) is 4.52. The third kappa shape index (κ3) is 6.48. The highest BCUT2D eigenvalue weighted by Gasteiger charge is 1.98. The molecule has 0 bridgehead atoms. The van der Waals surface area contributed by atoms with Crippen molar-refractivity contribution in [2.75, 3.05) is 18.8 Å². The summed E-state index contributed by atoms with van der Waals surface area (Å²) in [6.45, 7) is 1.47. The molecular weight excluding hydrogens is 364 g/mol. The van der Waals surface area contributed by atoms with Crippen LogP contribution >= 0.6 is 27.7 Å². The SMILES string of the molecule is NC(=NCCCc1cnc[nH]1)NCCSc1cccc(Br)n1. The Morgan fingerprint density at radius 3 is 3.14 bits per heavy atom. The number of nitrogens with two attached hydrogens (primary N) is 1. The molecule has 8 heteroatoms. The van der Waals surface area contributed by atoms with E-state index in [2.05, 4.69) is 41.2 Å². The summed E-state index contributed by atoms with van der Waals surface area (Å²) in [4.78, 5) is 15.7. The minimum atomic E-state index is 0.493. The Kier molecular flexibility index (Phi) is 7.24. The largest absolute Gasteiger partial charge is 0.370 e. The Bertz CT molecular complexity index is 587. The van der Waals surface area contributed by atoms with Crippen molar-refractivity contribution < 1.29 is 0 Å². The number of aryl methyl sites for hydroxylation is 1. The summed E-state index contributed by atoms with van der Waals surface area (Å²) < 4.78 is 0.851. The Balaban J connectivity index is 1.56. The molecule has 2 heterocycles. The van der Waals surface area contributed by atoms with Crippen LogP contribution in [0.5, 0.6) is 0 Å². The van der Waals surface area contributed by atoms with Gasteiger partial charge in [-0.25, -0.2) is 9.97 Å². The molecule has 0 aromatic carbocycles. The van der Waals surface area contributed by atoms with E-state index in [0.29, 0.717) is 12.5 Å². The maximum Gasteiger partial charge on any atom is 0.188 e. The van der Waals surface area contributed by atoms with E-state index in [1.54, 1.807) is 18.1 Å². The first-order valence-corrected chi connectivity index (χ1v) is 8.78. The summed E-state index contributed by atoms with van der Waals surface area (Å²) >= 11 is 5.04. The second kappa shape index (κ2) is 9.47. The third-order valence-electron chi connectivity index (χ3n) is 2.79. The van der Waals surface area contributed by atoms with Crippen LogP contribution in [0.25, 0.3) is 0 Å². The zero-order chi connectivity index (χ0) is 15.6. The lowest BCUT2D eigenvalue weighted by Gasteiger charge is -2.05. The van der Waals surface area contributed by atoms with Gasteiger partial charge in [-0.05, 0) is 40.9 Å². The van der Waals surface area contributed by atoms with Crippen LogP contribution < -0.4 is 11.1 Å². The van der Waals surface area contributed by atoms with Crippen molar-refractivity contribution in [1.82, 2.24) is 20.3 Å². The summed E-state index contributed by atoms with van der Waals surface area (Å²) in [5.41, 5.74) is 6.95. The van der Waals surface area contributed by atoms with Crippen molar-refractivity contribution in [2.24, 2.45) is 10.7 Å². The van der Waals surface area contributed by atoms with Gasteiger partial charge in [0.25, 0.3) is 0 Å². The van der Waals surface area contributed by atoms with Crippen LogP contribution in [0.15, 0.2) is 45.3 Å².